The van der Waals surface area contributed by atoms with Crippen molar-refractivity contribution in [2.24, 2.45) is 11.8 Å². The number of aromatic nitrogens is 1. The van der Waals surface area contributed by atoms with Crippen LogP contribution in [-0.4, -0.2) is 47.0 Å². The number of nitrogens with one attached hydrogen (secondary N) is 1. The zero-order chi connectivity index (χ0) is 18.7. The van der Waals surface area contributed by atoms with E-state index in [2.05, 4.69) is 10.3 Å². The molecule has 2 amide bonds. The molecule has 0 aromatic carbocycles. The highest BCUT2D eigenvalue weighted by Gasteiger charge is 2.51. The average Bonchev–Trinajstić information content (AvgIpc) is 3.29. The van der Waals surface area contributed by atoms with Crippen LogP contribution in [0.1, 0.15) is 50.5 Å². The maximum atomic E-state index is 12.4. The van der Waals surface area contributed by atoms with Crippen LogP contribution in [0.15, 0.2) is 24.5 Å². The van der Waals surface area contributed by atoms with Gasteiger partial charge < -0.3 is 15.0 Å². The molecule has 2 aliphatic heterocycles. The highest BCUT2D eigenvalue weighted by molar-refractivity contribution is 5.78. The lowest BCUT2D eigenvalue weighted by molar-refractivity contribution is -0.158. The van der Waals surface area contributed by atoms with E-state index < -0.39 is 0 Å². The molecule has 146 valence electrons. The van der Waals surface area contributed by atoms with Gasteiger partial charge in [0.25, 0.3) is 0 Å². The second kappa shape index (κ2) is 7.97. The van der Waals surface area contributed by atoms with Crippen LogP contribution in [0.5, 0.6) is 0 Å². The molecule has 1 aliphatic carbocycles. The largest absolute Gasteiger partial charge is 0.371 e. The quantitative estimate of drug-likeness (QED) is 0.833. The van der Waals surface area contributed by atoms with E-state index >= 15 is 0 Å². The lowest BCUT2D eigenvalue weighted by Gasteiger charge is -2.47. The standard InChI is InChI=1S/C21H29N3O3/c25-19(23-12-17-5-7-22-8-6-17)9-18-11-21(27-13-18)14-24(15-21)20(26)10-16-3-1-2-4-16/h5-8,16,18H,1-4,9-15H2,(H,23,25). The van der Waals surface area contributed by atoms with Crippen LogP contribution >= 0.6 is 0 Å². The highest BCUT2D eigenvalue weighted by atomic mass is 16.5. The fourth-order valence-corrected chi connectivity index (χ4v) is 4.74. The number of amides is 2. The van der Waals surface area contributed by atoms with Crippen LogP contribution in [0.3, 0.4) is 0 Å². The van der Waals surface area contributed by atoms with Gasteiger partial charge in [-0.1, -0.05) is 12.8 Å². The molecule has 0 bridgehead atoms. The molecule has 6 nitrogen and oxygen atoms in total. The Hall–Kier alpha value is -1.95. The number of carbonyl (C=O) groups is 2. The van der Waals surface area contributed by atoms with Crippen molar-refractivity contribution in [3.63, 3.8) is 0 Å². The SMILES string of the molecule is O=C(CC1COC2(C1)CN(C(=O)CC1CCCC1)C2)NCc1ccncc1. The number of ether oxygens (including phenoxy) is 1. The summed E-state index contributed by atoms with van der Waals surface area (Å²) in [6.07, 6.45) is 10.5. The first-order valence-electron chi connectivity index (χ1n) is 10.2. The molecule has 3 aliphatic rings. The van der Waals surface area contributed by atoms with Crippen molar-refractivity contribution in [3.8, 4) is 0 Å². The first-order valence-corrected chi connectivity index (χ1v) is 10.2. The molecule has 1 spiro atoms. The molecule has 4 rings (SSSR count). The minimum atomic E-state index is -0.193. The molecular weight excluding hydrogens is 342 g/mol. The number of carbonyl (C=O) groups excluding carboxylic acids is 2. The molecule has 1 atom stereocenters. The smallest absolute Gasteiger partial charge is 0.223 e. The van der Waals surface area contributed by atoms with Gasteiger partial charge in [0.05, 0.1) is 19.7 Å². The fraction of sp³-hybridized carbons (Fsp3) is 0.667. The van der Waals surface area contributed by atoms with Gasteiger partial charge in [0, 0.05) is 31.8 Å². The van der Waals surface area contributed by atoms with Gasteiger partial charge in [-0.05, 0) is 48.8 Å². The van der Waals surface area contributed by atoms with Crippen molar-refractivity contribution >= 4 is 11.8 Å². The number of nitrogens with zero attached hydrogens (tertiary/aromatic N) is 2. The number of likely N-dealkylation sites (tertiary alicyclic amines) is 1. The van der Waals surface area contributed by atoms with Crippen LogP contribution < -0.4 is 5.32 Å². The summed E-state index contributed by atoms with van der Waals surface area (Å²) in [6, 6.07) is 3.80. The Morgan fingerprint density at radius 2 is 1.89 bits per heavy atom. The van der Waals surface area contributed by atoms with Crippen molar-refractivity contribution in [3.05, 3.63) is 30.1 Å². The summed E-state index contributed by atoms with van der Waals surface area (Å²) in [7, 11) is 0. The minimum Gasteiger partial charge on any atom is -0.371 e. The summed E-state index contributed by atoms with van der Waals surface area (Å²) in [6.45, 7) is 2.55. The monoisotopic (exact) mass is 371 g/mol. The number of pyridine rings is 1. The van der Waals surface area contributed by atoms with Crippen molar-refractivity contribution in [2.45, 2.75) is 57.1 Å². The third-order valence-electron chi connectivity index (χ3n) is 6.25. The number of hydrogen-bond donors (Lipinski definition) is 1. The zero-order valence-electron chi connectivity index (χ0n) is 15.9. The Balaban J connectivity index is 1.17. The predicted molar refractivity (Wildman–Crippen MR) is 101 cm³/mol. The van der Waals surface area contributed by atoms with Gasteiger partial charge in [-0.3, -0.25) is 14.6 Å². The molecule has 1 saturated carbocycles. The Bertz CT molecular complexity index is 667. The number of rotatable bonds is 6. The van der Waals surface area contributed by atoms with Gasteiger partial charge in [0.1, 0.15) is 5.60 Å². The molecule has 1 aromatic rings. The summed E-state index contributed by atoms with van der Waals surface area (Å²) in [5.41, 5.74) is 0.856. The summed E-state index contributed by atoms with van der Waals surface area (Å²) >= 11 is 0. The molecule has 3 fully saturated rings. The molecular formula is C21H29N3O3. The van der Waals surface area contributed by atoms with E-state index in [1.165, 1.54) is 25.7 Å². The van der Waals surface area contributed by atoms with E-state index in [1.54, 1.807) is 12.4 Å². The van der Waals surface area contributed by atoms with E-state index in [4.69, 9.17) is 4.74 Å². The lowest BCUT2D eigenvalue weighted by atomic mass is 9.85. The van der Waals surface area contributed by atoms with Crippen LogP contribution in [0.25, 0.3) is 0 Å². The molecule has 0 radical (unpaired) electrons. The third kappa shape index (κ3) is 4.49. The Kier molecular flexibility index (Phi) is 5.43. The summed E-state index contributed by atoms with van der Waals surface area (Å²) in [5, 5.41) is 2.97. The van der Waals surface area contributed by atoms with Crippen LogP contribution in [0, 0.1) is 11.8 Å². The van der Waals surface area contributed by atoms with Gasteiger partial charge in [-0.15, -0.1) is 0 Å². The van der Waals surface area contributed by atoms with E-state index in [0.29, 0.717) is 45.0 Å². The molecule has 3 heterocycles. The van der Waals surface area contributed by atoms with E-state index in [9.17, 15) is 9.59 Å². The molecule has 6 heteroatoms. The Morgan fingerprint density at radius 3 is 2.63 bits per heavy atom. The van der Waals surface area contributed by atoms with E-state index in [-0.39, 0.29) is 23.3 Å². The maximum absolute atomic E-state index is 12.4. The number of hydrogen-bond acceptors (Lipinski definition) is 4. The second-order valence-corrected chi connectivity index (χ2v) is 8.50. The third-order valence-corrected chi connectivity index (χ3v) is 6.25. The first-order chi connectivity index (χ1) is 13.1. The van der Waals surface area contributed by atoms with Crippen molar-refractivity contribution in [1.82, 2.24) is 15.2 Å². The lowest BCUT2D eigenvalue weighted by Crippen LogP contribution is -2.63. The fourth-order valence-electron chi connectivity index (χ4n) is 4.74. The van der Waals surface area contributed by atoms with Crippen LogP contribution in [0.2, 0.25) is 0 Å². The summed E-state index contributed by atoms with van der Waals surface area (Å²) in [5.74, 6) is 1.19. The first kappa shape index (κ1) is 18.4. The highest BCUT2D eigenvalue weighted by Crippen LogP contribution is 2.40. The van der Waals surface area contributed by atoms with Crippen molar-refractivity contribution in [1.29, 1.82) is 0 Å². The van der Waals surface area contributed by atoms with Crippen LogP contribution in [0.4, 0.5) is 0 Å². The summed E-state index contributed by atoms with van der Waals surface area (Å²) < 4.78 is 6.02. The van der Waals surface area contributed by atoms with E-state index in [0.717, 1.165) is 12.0 Å². The predicted octanol–water partition coefficient (Wildman–Crippen LogP) is 2.29. The van der Waals surface area contributed by atoms with Gasteiger partial charge in [-0.25, -0.2) is 0 Å². The zero-order valence-corrected chi connectivity index (χ0v) is 15.9. The molecule has 1 N–H and O–H groups in total. The van der Waals surface area contributed by atoms with Crippen LogP contribution in [-0.2, 0) is 20.9 Å². The minimum absolute atomic E-state index is 0.0611. The molecule has 1 unspecified atom stereocenters. The summed E-state index contributed by atoms with van der Waals surface area (Å²) in [4.78, 5) is 30.5. The molecule has 1 aromatic heterocycles. The Labute approximate surface area is 160 Å². The second-order valence-electron chi connectivity index (χ2n) is 8.50. The van der Waals surface area contributed by atoms with Gasteiger partial charge >= 0.3 is 0 Å². The van der Waals surface area contributed by atoms with Crippen molar-refractivity contribution in [2.75, 3.05) is 19.7 Å². The van der Waals surface area contributed by atoms with Gasteiger partial charge in [0.2, 0.25) is 11.8 Å². The normalized spacial score (nSPS) is 24.1. The van der Waals surface area contributed by atoms with Crippen molar-refractivity contribution < 1.29 is 14.3 Å². The molecule has 27 heavy (non-hydrogen) atoms. The topological polar surface area (TPSA) is 71.5 Å². The van der Waals surface area contributed by atoms with Gasteiger partial charge in [-0.2, -0.15) is 0 Å². The average molecular weight is 371 g/mol. The maximum Gasteiger partial charge on any atom is 0.223 e. The Morgan fingerprint density at radius 1 is 1.15 bits per heavy atom. The van der Waals surface area contributed by atoms with E-state index in [1.807, 2.05) is 17.0 Å². The molecule has 2 saturated heterocycles. The van der Waals surface area contributed by atoms with Gasteiger partial charge in [0.15, 0.2) is 0 Å².